The van der Waals surface area contributed by atoms with Gasteiger partial charge in [-0.05, 0) is 0 Å². The Labute approximate surface area is 101 Å². The zero-order valence-corrected chi connectivity index (χ0v) is 12.5. The molecule has 2 aromatic heterocycles. The van der Waals surface area contributed by atoms with Gasteiger partial charge in [-0.2, -0.15) is 0 Å². The normalized spacial score (nSPS) is 16.9. The van der Waals surface area contributed by atoms with Gasteiger partial charge in [-0.25, -0.2) is 0 Å². The molecule has 1 aliphatic rings. The fraction of sp³-hybridized carbons (Fsp3) is 0.167. The van der Waals surface area contributed by atoms with Gasteiger partial charge >= 0.3 is 101 Å². The van der Waals surface area contributed by atoms with Crippen molar-refractivity contribution in [1.82, 2.24) is 0 Å². The van der Waals surface area contributed by atoms with Crippen molar-refractivity contribution in [2.24, 2.45) is 0 Å². The molecule has 0 aliphatic carbocycles. The topological polar surface area (TPSA) is 0 Å². The third-order valence-electron chi connectivity index (χ3n) is 2.97. The van der Waals surface area contributed by atoms with Crippen LogP contribution in [0.25, 0.3) is 12.2 Å². The molecule has 3 rings (SSSR count). The molecule has 1 aliphatic heterocycles. The van der Waals surface area contributed by atoms with E-state index in [4.69, 9.17) is 0 Å². The van der Waals surface area contributed by atoms with Crippen LogP contribution < -0.4 is 7.42 Å². The van der Waals surface area contributed by atoms with Crippen LogP contribution in [0.1, 0.15) is 11.1 Å². The summed E-state index contributed by atoms with van der Waals surface area (Å²) in [5.74, 6) is 5.02. The SMILES string of the molecule is [CH3][Ge]1([CH3])[c]2sccc2C=Cc2ccs[c]21. The summed E-state index contributed by atoms with van der Waals surface area (Å²) >= 11 is 1.95. The molecule has 0 atom stereocenters. The van der Waals surface area contributed by atoms with Crippen LogP contribution in [0.4, 0.5) is 0 Å². The molecule has 0 unspecified atom stereocenters. The second kappa shape index (κ2) is 3.34. The quantitative estimate of drug-likeness (QED) is 0.655. The Morgan fingerprint density at radius 2 is 1.33 bits per heavy atom. The molecule has 2 aromatic rings. The third kappa shape index (κ3) is 1.39. The molecule has 0 aromatic carbocycles. The van der Waals surface area contributed by atoms with E-state index in [2.05, 4.69) is 46.6 Å². The van der Waals surface area contributed by atoms with Gasteiger partial charge in [0, 0.05) is 0 Å². The van der Waals surface area contributed by atoms with Crippen molar-refractivity contribution in [1.29, 1.82) is 0 Å². The summed E-state index contributed by atoms with van der Waals surface area (Å²) in [4.78, 5) is 0. The van der Waals surface area contributed by atoms with Crippen LogP contribution in [-0.4, -0.2) is 13.3 Å². The minimum atomic E-state index is -1.95. The van der Waals surface area contributed by atoms with Crippen LogP contribution in [0.15, 0.2) is 22.9 Å². The van der Waals surface area contributed by atoms with Crippen LogP contribution in [-0.2, 0) is 0 Å². The molecule has 0 spiro atoms. The molecule has 0 N–H and O–H groups in total. The van der Waals surface area contributed by atoms with Gasteiger partial charge in [0.1, 0.15) is 0 Å². The van der Waals surface area contributed by atoms with Crippen LogP contribution >= 0.6 is 22.7 Å². The Balaban J connectivity index is 2.34. The van der Waals surface area contributed by atoms with E-state index in [0.717, 1.165) is 0 Å². The second-order valence-corrected chi connectivity index (χ2v) is 16.6. The molecule has 3 heterocycles. The van der Waals surface area contributed by atoms with Crippen LogP contribution in [0, 0.1) is 0 Å². The van der Waals surface area contributed by atoms with Crippen molar-refractivity contribution < 1.29 is 0 Å². The summed E-state index contributed by atoms with van der Waals surface area (Å²) in [7, 11) is 0. The maximum atomic E-state index is 2.51. The van der Waals surface area contributed by atoms with Crippen molar-refractivity contribution in [3.8, 4) is 0 Å². The van der Waals surface area contributed by atoms with E-state index < -0.39 is 13.3 Å². The average molecular weight is 293 g/mol. The van der Waals surface area contributed by atoms with E-state index in [0.29, 0.717) is 0 Å². The zero-order valence-electron chi connectivity index (χ0n) is 8.78. The van der Waals surface area contributed by atoms with Crippen molar-refractivity contribution in [2.45, 2.75) is 11.5 Å². The molecule has 15 heavy (non-hydrogen) atoms. The number of hydrogen-bond donors (Lipinski definition) is 0. The molecule has 0 fully saturated rings. The molecule has 0 bridgehead atoms. The number of rotatable bonds is 0. The number of fused-ring (bicyclic) bond motifs is 2. The first kappa shape index (κ1) is 9.88. The average Bonchev–Trinajstić information content (AvgIpc) is 2.82. The molecule has 0 saturated carbocycles. The molecule has 0 amide bonds. The molecule has 0 nitrogen and oxygen atoms in total. The monoisotopic (exact) mass is 294 g/mol. The summed E-state index contributed by atoms with van der Waals surface area (Å²) in [5.41, 5.74) is 2.93. The van der Waals surface area contributed by atoms with Gasteiger partial charge < -0.3 is 0 Å². The Kier molecular flexibility index (Phi) is 2.20. The predicted molar refractivity (Wildman–Crippen MR) is 74.3 cm³/mol. The first-order chi connectivity index (χ1) is 7.19. The van der Waals surface area contributed by atoms with Crippen molar-refractivity contribution in [3.05, 3.63) is 34.0 Å². The third-order valence-corrected chi connectivity index (χ3v) is 17.2. The first-order valence-corrected chi connectivity index (χ1v) is 13.1. The van der Waals surface area contributed by atoms with Gasteiger partial charge in [-0.3, -0.25) is 0 Å². The van der Waals surface area contributed by atoms with E-state index in [9.17, 15) is 0 Å². The van der Waals surface area contributed by atoms with Crippen LogP contribution in [0.3, 0.4) is 0 Å². The maximum absolute atomic E-state index is 2.51. The standard InChI is InChI=1S/C12H12GeS2/c1-13(2)11-9(5-7-14-11)3-4-10-6-8-15-12(10)13/h3-8H,1-2H3. The summed E-state index contributed by atoms with van der Waals surface area (Å²) in [6, 6.07) is 4.53. The fourth-order valence-electron chi connectivity index (χ4n) is 2.20. The van der Waals surface area contributed by atoms with E-state index >= 15 is 0 Å². The Bertz CT molecular complexity index is 485. The Morgan fingerprint density at radius 1 is 0.867 bits per heavy atom. The summed E-state index contributed by atoms with van der Waals surface area (Å²) in [6.45, 7) is 0. The van der Waals surface area contributed by atoms with E-state index in [1.54, 1.807) is 7.42 Å². The van der Waals surface area contributed by atoms with Gasteiger partial charge in [0.25, 0.3) is 0 Å². The zero-order chi connectivity index (χ0) is 10.5. The minimum absolute atomic E-state index is 1.47. The number of thiophene rings is 2. The summed E-state index contributed by atoms with van der Waals surface area (Å²) < 4.78 is 3.35. The first-order valence-electron chi connectivity index (χ1n) is 5.03. The molecule has 0 saturated heterocycles. The second-order valence-electron chi connectivity index (χ2n) is 4.37. The van der Waals surface area contributed by atoms with Crippen molar-refractivity contribution >= 4 is 55.5 Å². The summed E-state index contributed by atoms with van der Waals surface area (Å²) in [6.07, 6.45) is 4.58. The van der Waals surface area contributed by atoms with Gasteiger partial charge in [-0.15, -0.1) is 0 Å². The number of hydrogen-bond acceptors (Lipinski definition) is 2. The Morgan fingerprint density at radius 3 is 1.80 bits per heavy atom. The van der Waals surface area contributed by atoms with Gasteiger partial charge in [0.15, 0.2) is 0 Å². The van der Waals surface area contributed by atoms with Crippen LogP contribution in [0.5, 0.6) is 0 Å². The molecule has 3 heteroatoms. The van der Waals surface area contributed by atoms with Gasteiger partial charge in [-0.1, -0.05) is 0 Å². The molecular formula is C12H12GeS2. The van der Waals surface area contributed by atoms with Gasteiger partial charge in [0.05, 0.1) is 0 Å². The van der Waals surface area contributed by atoms with Crippen molar-refractivity contribution in [3.63, 3.8) is 0 Å². The fourth-order valence-corrected chi connectivity index (χ4v) is 14.2. The van der Waals surface area contributed by atoms with Crippen LogP contribution in [0.2, 0.25) is 11.5 Å². The Hall–Kier alpha value is -0.317. The van der Waals surface area contributed by atoms with Crippen molar-refractivity contribution in [2.75, 3.05) is 0 Å². The van der Waals surface area contributed by atoms with E-state index in [1.165, 1.54) is 11.1 Å². The molecule has 0 radical (unpaired) electrons. The van der Waals surface area contributed by atoms with E-state index in [1.807, 2.05) is 22.7 Å². The summed E-state index contributed by atoms with van der Waals surface area (Å²) in [5, 5.41) is 4.47. The van der Waals surface area contributed by atoms with E-state index in [-0.39, 0.29) is 0 Å². The molecule has 76 valence electrons. The van der Waals surface area contributed by atoms with Gasteiger partial charge in [0.2, 0.25) is 0 Å². The predicted octanol–water partition coefficient (Wildman–Crippen LogP) is 3.12. The molecular weight excluding hydrogens is 281 g/mol.